The Hall–Kier alpha value is -1.44. The third-order valence-corrected chi connectivity index (χ3v) is 2.74. The minimum absolute atomic E-state index is 0. The molecule has 21 heavy (non-hydrogen) atoms. The van der Waals surface area contributed by atoms with Gasteiger partial charge < -0.3 is 11.1 Å². The Balaban J connectivity index is 0.00000200. The van der Waals surface area contributed by atoms with Crippen molar-refractivity contribution >= 4 is 36.5 Å². The van der Waals surface area contributed by atoms with Gasteiger partial charge >= 0.3 is 0 Å². The summed E-state index contributed by atoms with van der Waals surface area (Å²) in [5, 5.41) is 6.93. The fourth-order valence-corrected chi connectivity index (χ4v) is 1.81. The standard InChI is InChI=1S/C12H18N6O.2ClH/c1-8-7-9(2)18-12(15-8)16-10(17-18)11(19)14-6-4-3-5-13;;/h7H,3-6,13H2,1-2H3,(H,14,19);2*1H. The lowest BCUT2D eigenvalue weighted by Crippen LogP contribution is -2.26. The molecule has 2 rings (SSSR count). The van der Waals surface area contributed by atoms with Crippen LogP contribution in [0.15, 0.2) is 6.07 Å². The number of nitrogens with two attached hydrogens (primary N) is 1. The predicted molar refractivity (Wildman–Crippen MR) is 85.4 cm³/mol. The molecular formula is C12H20Cl2N6O. The van der Waals surface area contributed by atoms with Crippen molar-refractivity contribution in [3.8, 4) is 0 Å². The Morgan fingerprint density at radius 3 is 2.67 bits per heavy atom. The van der Waals surface area contributed by atoms with Crippen molar-refractivity contribution < 1.29 is 4.79 Å². The molecule has 0 saturated carbocycles. The van der Waals surface area contributed by atoms with Gasteiger partial charge in [0.15, 0.2) is 0 Å². The Labute approximate surface area is 135 Å². The number of nitrogens with zero attached hydrogens (tertiary/aromatic N) is 4. The van der Waals surface area contributed by atoms with E-state index in [9.17, 15) is 4.79 Å². The summed E-state index contributed by atoms with van der Waals surface area (Å²) >= 11 is 0. The highest BCUT2D eigenvalue weighted by Gasteiger charge is 2.14. The van der Waals surface area contributed by atoms with Crippen LogP contribution in [0.4, 0.5) is 0 Å². The van der Waals surface area contributed by atoms with Gasteiger partial charge in [-0.15, -0.1) is 29.9 Å². The number of aryl methyl sites for hydroxylation is 2. The van der Waals surface area contributed by atoms with Gasteiger partial charge in [-0.1, -0.05) is 0 Å². The number of amides is 1. The molecule has 2 aromatic heterocycles. The van der Waals surface area contributed by atoms with E-state index in [0.29, 0.717) is 18.9 Å². The number of nitrogens with one attached hydrogen (secondary N) is 1. The first kappa shape index (κ1) is 19.6. The lowest BCUT2D eigenvalue weighted by Gasteiger charge is -2.00. The van der Waals surface area contributed by atoms with Gasteiger partial charge in [-0.3, -0.25) is 4.79 Å². The molecule has 7 nitrogen and oxygen atoms in total. The second-order valence-electron chi connectivity index (χ2n) is 4.44. The SMILES string of the molecule is Cc1cc(C)n2nc(C(=O)NCCCCN)nc2n1.Cl.Cl. The van der Waals surface area contributed by atoms with Crippen LogP contribution in [0.2, 0.25) is 0 Å². The first-order valence-electron chi connectivity index (χ1n) is 6.31. The van der Waals surface area contributed by atoms with Gasteiger partial charge in [0.2, 0.25) is 5.82 Å². The molecule has 0 aliphatic rings. The number of carbonyl (C=O) groups excluding carboxylic acids is 1. The highest BCUT2D eigenvalue weighted by molar-refractivity contribution is 5.90. The fraction of sp³-hybridized carbons (Fsp3) is 0.500. The molecule has 2 aromatic rings. The minimum Gasteiger partial charge on any atom is -0.349 e. The van der Waals surface area contributed by atoms with Crippen molar-refractivity contribution in [3.63, 3.8) is 0 Å². The van der Waals surface area contributed by atoms with Gasteiger partial charge in [-0.05, 0) is 39.3 Å². The minimum atomic E-state index is -0.278. The molecule has 0 saturated heterocycles. The maximum absolute atomic E-state index is 11.9. The van der Waals surface area contributed by atoms with Gasteiger partial charge in [-0.2, -0.15) is 4.98 Å². The van der Waals surface area contributed by atoms with E-state index in [1.165, 1.54) is 0 Å². The molecule has 0 unspecified atom stereocenters. The zero-order valence-electron chi connectivity index (χ0n) is 12.0. The van der Waals surface area contributed by atoms with Crippen molar-refractivity contribution in [2.45, 2.75) is 26.7 Å². The van der Waals surface area contributed by atoms with Crippen LogP contribution >= 0.6 is 24.8 Å². The number of aromatic nitrogens is 4. The van der Waals surface area contributed by atoms with Crippen LogP contribution < -0.4 is 11.1 Å². The van der Waals surface area contributed by atoms with Crippen LogP contribution in [0.1, 0.15) is 34.8 Å². The topological polar surface area (TPSA) is 98.2 Å². The molecular weight excluding hydrogens is 315 g/mol. The molecule has 3 N–H and O–H groups in total. The average Bonchev–Trinajstić information content (AvgIpc) is 2.78. The molecule has 9 heteroatoms. The molecule has 0 fully saturated rings. The number of halogens is 2. The van der Waals surface area contributed by atoms with Gasteiger partial charge in [0, 0.05) is 17.9 Å². The number of hydrogen-bond acceptors (Lipinski definition) is 5. The van der Waals surface area contributed by atoms with Crippen LogP contribution in [0.5, 0.6) is 0 Å². The normalized spacial score (nSPS) is 9.86. The van der Waals surface area contributed by atoms with Crippen molar-refractivity contribution in [1.82, 2.24) is 24.9 Å². The summed E-state index contributed by atoms with van der Waals surface area (Å²) in [5.74, 6) is 0.318. The quantitative estimate of drug-likeness (QED) is 0.796. The van der Waals surface area contributed by atoms with Gasteiger partial charge in [0.05, 0.1) is 0 Å². The molecule has 2 heterocycles. The van der Waals surface area contributed by atoms with Crippen molar-refractivity contribution in [3.05, 3.63) is 23.3 Å². The lowest BCUT2D eigenvalue weighted by atomic mass is 10.3. The summed E-state index contributed by atoms with van der Waals surface area (Å²) in [4.78, 5) is 20.2. The summed E-state index contributed by atoms with van der Waals surface area (Å²) in [6.07, 6.45) is 1.74. The van der Waals surface area contributed by atoms with E-state index in [0.717, 1.165) is 24.2 Å². The number of carbonyl (C=O) groups is 1. The molecule has 0 spiro atoms. The smallest absolute Gasteiger partial charge is 0.291 e. The van der Waals surface area contributed by atoms with Crippen LogP contribution in [0.3, 0.4) is 0 Å². The molecule has 0 bridgehead atoms. The van der Waals surface area contributed by atoms with Crippen LogP contribution in [-0.2, 0) is 0 Å². The van der Waals surface area contributed by atoms with E-state index in [1.54, 1.807) is 4.52 Å². The second-order valence-corrected chi connectivity index (χ2v) is 4.44. The van der Waals surface area contributed by atoms with Crippen LogP contribution in [0, 0.1) is 13.8 Å². The highest BCUT2D eigenvalue weighted by Crippen LogP contribution is 2.05. The lowest BCUT2D eigenvalue weighted by molar-refractivity contribution is 0.0943. The Bertz CT molecular complexity index is 601. The fourth-order valence-electron chi connectivity index (χ4n) is 1.81. The van der Waals surface area contributed by atoms with Gasteiger partial charge in [-0.25, -0.2) is 9.50 Å². The Kier molecular flexibility index (Phi) is 8.16. The van der Waals surface area contributed by atoms with E-state index in [1.807, 2.05) is 19.9 Å². The maximum Gasteiger partial charge on any atom is 0.291 e. The van der Waals surface area contributed by atoms with E-state index < -0.39 is 0 Å². The largest absolute Gasteiger partial charge is 0.349 e. The molecule has 0 aliphatic carbocycles. The maximum atomic E-state index is 11.9. The first-order chi connectivity index (χ1) is 9.11. The Morgan fingerprint density at radius 2 is 2.00 bits per heavy atom. The second kappa shape index (κ2) is 8.76. The van der Waals surface area contributed by atoms with Crippen molar-refractivity contribution in [2.24, 2.45) is 5.73 Å². The summed E-state index contributed by atoms with van der Waals surface area (Å²) in [6, 6.07) is 1.89. The van der Waals surface area contributed by atoms with Gasteiger partial charge in [0.1, 0.15) is 0 Å². The molecule has 1 amide bonds. The van der Waals surface area contributed by atoms with Crippen molar-refractivity contribution in [2.75, 3.05) is 13.1 Å². The van der Waals surface area contributed by atoms with Crippen LogP contribution in [-0.4, -0.2) is 38.6 Å². The molecule has 118 valence electrons. The van der Waals surface area contributed by atoms with Crippen LogP contribution in [0.25, 0.3) is 5.78 Å². The van der Waals surface area contributed by atoms with E-state index in [4.69, 9.17) is 5.73 Å². The first-order valence-corrected chi connectivity index (χ1v) is 6.31. The van der Waals surface area contributed by atoms with E-state index >= 15 is 0 Å². The third-order valence-electron chi connectivity index (χ3n) is 2.74. The number of hydrogen-bond donors (Lipinski definition) is 2. The third kappa shape index (κ3) is 4.80. The van der Waals surface area contributed by atoms with Crippen molar-refractivity contribution in [1.29, 1.82) is 0 Å². The monoisotopic (exact) mass is 334 g/mol. The summed E-state index contributed by atoms with van der Waals surface area (Å²) in [5.41, 5.74) is 7.14. The summed E-state index contributed by atoms with van der Waals surface area (Å²) < 4.78 is 1.57. The predicted octanol–water partition coefficient (Wildman–Crippen LogP) is 1.05. The molecule has 0 atom stereocenters. The number of unbranched alkanes of at least 4 members (excludes halogenated alkanes) is 1. The highest BCUT2D eigenvalue weighted by atomic mass is 35.5. The molecule has 0 aromatic carbocycles. The zero-order chi connectivity index (χ0) is 13.8. The number of fused-ring (bicyclic) bond motifs is 1. The summed E-state index contributed by atoms with van der Waals surface area (Å²) in [6.45, 7) is 5.00. The zero-order valence-corrected chi connectivity index (χ0v) is 13.6. The molecule has 0 aliphatic heterocycles. The molecule has 0 radical (unpaired) electrons. The van der Waals surface area contributed by atoms with Gasteiger partial charge in [0.25, 0.3) is 11.7 Å². The summed E-state index contributed by atoms with van der Waals surface area (Å²) in [7, 11) is 0. The number of rotatable bonds is 5. The Morgan fingerprint density at radius 1 is 1.29 bits per heavy atom. The van der Waals surface area contributed by atoms with E-state index in [-0.39, 0.29) is 36.5 Å². The van der Waals surface area contributed by atoms with E-state index in [2.05, 4.69) is 20.4 Å². The average molecular weight is 335 g/mol.